The van der Waals surface area contributed by atoms with Crippen LogP contribution < -0.4 is 0 Å². The first kappa shape index (κ1) is 60.8. The number of hydrogen-bond acceptors (Lipinski definition) is 4. The van der Waals surface area contributed by atoms with Crippen LogP contribution in [0, 0.1) is 80.5 Å². The Kier molecular flexibility index (Phi) is 16.2. The molecule has 5 aromatic heterocycles. The van der Waals surface area contributed by atoms with Crippen molar-refractivity contribution >= 4 is 77.8 Å². The van der Waals surface area contributed by atoms with Gasteiger partial charge < -0.3 is 22.8 Å². The van der Waals surface area contributed by atoms with E-state index in [9.17, 15) is 0 Å². The predicted molar refractivity (Wildman–Crippen MR) is 386 cm³/mol. The van der Waals surface area contributed by atoms with Gasteiger partial charge in [0.15, 0.2) is 0 Å². The SMILES string of the molecule is Cc1cccc(-n2c3c[c-]c(-c4nccn4-c4c(C)cc(C)cc4C)cc3c3ccccc32)c1.Cc1cccc(-n2c3c[c-]c(-c4nccn4-c4c(C)cc(C)cc4C)cc3c3ccccc32)c1.Cc1cccc(-n2c3c[c-]c(C4N=CC=N4)cc3c3ccccc32)c1.[Ir+3]. The Bertz CT molecular complexity index is 5350. The van der Waals surface area contributed by atoms with E-state index >= 15 is 0 Å². The van der Waals surface area contributed by atoms with Crippen molar-refractivity contribution in [2.75, 3.05) is 0 Å². The van der Waals surface area contributed by atoms with Gasteiger partial charge in [-0.15, -0.1) is 58.5 Å². The second-order valence-electron chi connectivity index (χ2n) is 24.8. The smallest absolute Gasteiger partial charge is 0.364 e. The average molecular weight is 1400 g/mol. The van der Waals surface area contributed by atoms with E-state index in [1.807, 2.05) is 24.8 Å². The van der Waals surface area contributed by atoms with E-state index in [0.29, 0.717) is 0 Å². The molecule has 0 bridgehead atoms. The van der Waals surface area contributed by atoms with Crippen molar-refractivity contribution in [3.63, 3.8) is 0 Å². The second-order valence-corrected chi connectivity index (χ2v) is 24.8. The molecule has 6 heterocycles. The molecule has 0 unspecified atom stereocenters. The third-order valence-electron chi connectivity index (χ3n) is 17.9. The van der Waals surface area contributed by atoms with Crippen molar-refractivity contribution in [2.45, 2.75) is 68.5 Å². The van der Waals surface area contributed by atoms with Crippen LogP contribution in [0.15, 0.2) is 241 Å². The molecule has 1 aliphatic rings. The molecular formula is C84H68IrN9. The summed E-state index contributed by atoms with van der Waals surface area (Å²) in [6.45, 7) is 19.4. The summed E-state index contributed by atoms with van der Waals surface area (Å²) in [5, 5.41) is 7.32. The fraction of sp³-hybridized carbons (Fsp3) is 0.119. The van der Waals surface area contributed by atoms with Crippen molar-refractivity contribution in [1.29, 1.82) is 0 Å². The number of hydrogen-bond donors (Lipinski definition) is 0. The van der Waals surface area contributed by atoms with E-state index in [-0.39, 0.29) is 26.3 Å². The van der Waals surface area contributed by atoms with Crippen LogP contribution in [0.4, 0.5) is 0 Å². The summed E-state index contributed by atoms with van der Waals surface area (Å²) in [4.78, 5) is 18.3. The van der Waals surface area contributed by atoms with Crippen LogP contribution in [0.5, 0.6) is 0 Å². The normalized spacial score (nSPS) is 12.1. The van der Waals surface area contributed by atoms with E-state index in [0.717, 1.165) is 44.9 Å². The number of benzene rings is 11. The molecular weight excluding hydrogens is 1330 g/mol. The molecule has 11 aromatic carbocycles. The molecule has 0 spiro atoms. The summed E-state index contributed by atoms with van der Waals surface area (Å²) in [6, 6.07) is 84.0. The third-order valence-corrected chi connectivity index (χ3v) is 17.9. The van der Waals surface area contributed by atoms with Crippen molar-refractivity contribution in [2.24, 2.45) is 9.98 Å². The molecule has 94 heavy (non-hydrogen) atoms. The largest absolute Gasteiger partial charge is 3.00 e. The first-order valence-electron chi connectivity index (χ1n) is 31.7. The molecule has 0 aliphatic carbocycles. The van der Waals surface area contributed by atoms with Gasteiger partial charge in [0.25, 0.3) is 0 Å². The maximum Gasteiger partial charge on any atom is 3.00 e. The van der Waals surface area contributed by atoms with Gasteiger partial charge in [0.05, 0.1) is 11.6 Å². The van der Waals surface area contributed by atoms with Crippen LogP contribution in [0.2, 0.25) is 0 Å². The fourth-order valence-electron chi connectivity index (χ4n) is 14.2. The Balaban J connectivity index is 0.000000123. The third kappa shape index (κ3) is 11.0. The van der Waals surface area contributed by atoms with E-state index < -0.39 is 0 Å². The Morgan fingerprint density at radius 2 is 0.681 bits per heavy atom. The first-order chi connectivity index (χ1) is 45.3. The average Bonchev–Trinajstić information content (AvgIpc) is 1.64. The molecule has 10 heteroatoms. The summed E-state index contributed by atoms with van der Waals surface area (Å²) in [5.41, 5.74) is 27.2. The first-order valence-corrected chi connectivity index (χ1v) is 31.7. The quantitative estimate of drug-likeness (QED) is 0.142. The minimum absolute atomic E-state index is 0. The van der Waals surface area contributed by atoms with Crippen LogP contribution in [-0.4, -0.2) is 45.2 Å². The Morgan fingerprint density at radius 1 is 0.330 bits per heavy atom. The molecule has 0 radical (unpaired) electrons. The Hall–Kier alpha value is -10.8. The monoisotopic (exact) mass is 1400 g/mol. The van der Waals surface area contributed by atoms with Gasteiger partial charge in [-0.1, -0.05) is 143 Å². The summed E-state index contributed by atoms with van der Waals surface area (Å²) >= 11 is 0. The van der Waals surface area contributed by atoms with Gasteiger partial charge in [-0.3, -0.25) is 20.0 Å². The van der Waals surface area contributed by atoms with E-state index in [4.69, 9.17) is 9.97 Å². The van der Waals surface area contributed by atoms with Crippen LogP contribution >= 0.6 is 0 Å². The molecule has 1 aliphatic heterocycles. The zero-order valence-electron chi connectivity index (χ0n) is 54.0. The minimum atomic E-state index is -0.162. The number of nitrogens with zero attached hydrogens (tertiary/aromatic N) is 9. The van der Waals surface area contributed by atoms with Crippen molar-refractivity contribution in [3.8, 4) is 51.2 Å². The fourth-order valence-corrected chi connectivity index (χ4v) is 14.2. The van der Waals surface area contributed by atoms with Gasteiger partial charge >= 0.3 is 20.1 Å². The molecule has 9 nitrogen and oxygen atoms in total. The molecule has 0 N–H and O–H groups in total. The molecule has 0 fully saturated rings. The summed E-state index contributed by atoms with van der Waals surface area (Å²) in [7, 11) is 0. The zero-order chi connectivity index (χ0) is 63.6. The summed E-state index contributed by atoms with van der Waals surface area (Å²) < 4.78 is 11.4. The molecule has 16 aromatic rings. The Labute approximate surface area is 561 Å². The van der Waals surface area contributed by atoms with Crippen LogP contribution in [0.1, 0.15) is 61.8 Å². The van der Waals surface area contributed by atoms with E-state index in [1.165, 1.54) is 127 Å². The molecule has 0 saturated carbocycles. The zero-order valence-corrected chi connectivity index (χ0v) is 56.4. The maximum absolute atomic E-state index is 4.76. The van der Waals surface area contributed by atoms with Gasteiger partial charge in [0.1, 0.15) is 6.17 Å². The standard InChI is InChI=1S/2C31H26N3.C22H16N3.Ir/c2*1-20-8-7-9-25(18-20)34-28-11-6-5-10-26(28)27-19-24(12-13-29(27)34)31-32-14-15-33(31)30-22(3)16-21(2)17-23(30)4;1-15-5-4-6-17(13-15)25-20-8-3-2-7-18(20)19-14-16(9-10-21(19)25)22-23-11-12-24-22;/h2*5-11,13-19H,1-4H3;2-8,10-14,22H,1H3;/q3*-1;+3. The maximum atomic E-state index is 4.76. The number of aliphatic imine (C=N–C) groups is 2. The predicted octanol–water partition coefficient (Wildman–Crippen LogP) is 20.4. The van der Waals surface area contributed by atoms with Crippen molar-refractivity contribution in [1.82, 2.24) is 32.8 Å². The second kappa shape index (κ2) is 25.0. The summed E-state index contributed by atoms with van der Waals surface area (Å²) in [5.74, 6) is 1.81. The van der Waals surface area contributed by atoms with Gasteiger partial charge in [-0.2, -0.15) is 18.2 Å². The molecule has 0 atom stereocenters. The number of para-hydroxylation sites is 3. The van der Waals surface area contributed by atoms with Crippen molar-refractivity contribution in [3.05, 3.63) is 305 Å². The molecule has 0 amide bonds. The van der Waals surface area contributed by atoms with Gasteiger partial charge in [-0.05, 0) is 183 Å². The van der Waals surface area contributed by atoms with Gasteiger partial charge in [-0.25, -0.2) is 0 Å². The number of rotatable bonds is 8. The number of aromatic nitrogens is 7. The molecule has 17 rings (SSSR count). The van der Waals surface area contributed by atoms with E-state index in [1.54, 1.807) is 12.4 Å². The van der Waals surface area contributed by atoms with E-state index in [2.05, 4.69) is 320 Å². The Morgan fingerprint density at radius 3 is 1.05 bits per heavy atom. The summed E-state index contributed by atoms with van der Waals surface area (Å²) in [6.07, 6.45) is 11.2. The van der Waals surface area contributed by atoms with Gasteiger partial charge in [0.2, 0.25) is 0 Å². The van der Waals surface area contributed by atoms with Crippen LogP contribution in [0.25, 0.3) is 117 Å². The van der Waals surface area contributed by atoms with Crippen LogP contribution in [0.3, 0.4) is 0 Å². The van der Waals surface area contributed by atoms with Crippen molar-refractivity contribution < 1.29 is 20.1 Å². The number of aryl methyl sites for hydroxylation is 9. The topological polar surface area (TPSA) is 75.2 Å². The van der Waals surface area contributed by atoms with Gasteiger partial charge in [0, 0.05) is 82.2 Å². The number of imidazole rings is 2. The minimum Gasteiger partial charge on any atom is -0.364 e. The van der Waals surface area contributed by atoms with Crippen LogP contribution in [-0.2, 0) is 20.1 Å². The molecule has 0 saturated heterocycles. The number of fused-ring (bicyclic) bond motifs is 9. The molecule has 458 valence electrons.